The van der Waals surface area contributed by atoms with Gasteiger partial charge in [0.05, 0.1) is 0 Å². The molecule has 2 heterocycles. The first-order chi connectivity index (χ1) is 8.74. The van der Waals surface area contributed by atoms with Gasteiger partial charge in [-0.25, -0.2) is 0 Å². The molecule has 0 aromatic heterocycles. The van der Waals surface area contributed by atoms with Crippen LogP contribution in [0.4, 0.5) is 0 Å². The van der Waals surface area contributed by atoms with Crippen LogP contribution in [0.3, 0.4) is 0 Å². The van der Waals surface area contributed by atoms with E-state index >= 15 is 0 Å². The molecule has 1 saturated carbocycles. The second-order valence-corrected chi connectivity index (χ2v) is 6.26. The molecule has 2 aliphatic heterocycles. The van der Waals surface area contributed by atoms with E-state index in [0.717, 1.165) is 39.1 Å². The summed E-state index contributed by atoms with van der Waals surface area (Å²) in [7, 11) is 0. The third-order valence-corrected chi connectivity index (χ3v) is 4.98. The van der Waals surface area contributed by atoms with Crippen molar-refractivity contribution in [3.63, 3.8) is 0 Å². The smallest absolute Gasteiger partial charge is 0.222 e. The molecule has 18 heavy (non-hydrogen) atoms. The number of hydrogen-bond acceptors (Lipinski definition) is 3. The highest BCUT2D eigenvalue weighted by atomic mass is 16.5. The summed E-state index contributed by atoms with van der Waals surface area (Å²) in [6.07, 6.45) is 5.35. The highest BCUT2D eigenvalue weighted by Gasteiger charge is 2.41. The van der Waals surface area contributed by atoms with Crippen molar-refractivity contribution in [3.05, 3.63) is 0 Å². The maximum absolute atomic E-state index is 12.3. The Morgan fingerprint density at radius 1 is 1.22 bits per heavy atom. The number of likely N-dealkylation sites (tertiary alicyclic amines) is 1. The number of rotatable bonds is 2. The van der Waals surface area contributed by atoms with E-state index in [4.69, 9.17) is 10.5 Å². The van der Waals surface area contributed by atoms with Crippen molar-refractivity contribution in [1.82, 2.24) is 4.90 Å². The van der Waals surface area contributed by atoms with Crippen molar-refractivity contribution < 1.29 is 9.53 Å². The Labute approximate surface area is 109 Å². The monoisotopic (exact) mass is 252 g/mol. The third-order valence-electron chi connectivity index (χ3n) is 4.98. The minimum Gasteiger partial charge on any atom is -0.381 e. The van der Waals surface area contributed by atoms with Gasteiger partial charge in [0.25, 0.3) is 0 Å². The van der Waals surface area contributed by atoms with Gasteiger partial charge in [-0.3, -0.25) is 4.79 Å². The highest BCUT2D eigenvalue weighted by molar-refractivity contribution is 5.76. The molecular formula is C14H24N2O2. The lowest BCUT2D eigenvalue weighted by Gasteiger charge is -2.37. The summed E-state index contributed by atoms with van der Waals surface area (Å²) in [5, 5.41) is 0. The molecule has 0 radical (unpaired) electrons. The first-order valence-electron chi connectivity index (χ1n) is 7.35. The molecule has 4 atom stereocenters. The lowest BCUT2D eigenvalue weighted by molar-refractivity contribution is -0.135. The van der Waals surface area contributed by atoms with Gasteiger partial charge in [-0.05, 0) is 43.4 Å². The maximum Gasteiger partial charge on any atom is 0.222 e. The van der Waals surface area contributed by atoms with Crippen LogP contribution in [0.25, 0.3) is 0 Å². The maximum atomic E-state index is 12.3. The normalized spacial score (nSPS) is 39.9. The lowest BCUT2D eigenvalue weighted by atomic mass is 9.91. The predicted octanol–water partition coefficient (Wildman–Crippen LogP) is 0.999. The van der Waals surface area contributed by atoms with E-state index in [1.54, 1.807) is 0 Å². The summed E-state index contributed by atoms with van der Waals surface area (Å²) in [6.45, 7) is 3.42. The van der Waals surface area contributed by atoms with Crippen molar-refractivity contribution in [3.8, 4) is 0 Å². The molecule has 1 aliphatic carbocycles. The molecule has 3 rings (SSSR count). The van der Waals surface area contributed by atoms with Crippen LogP contribution in [0.15, 0.2) is 0 Å². The summed E-state index contributed by atoms with van der Waals surface area (Å²) in [5.41, 5.74) is 6.17. The fourth-order valence-corrected chi connectivity index (χ4v) is 3.81. The molecule has 3 aliphatic rings. The minimum atomic E-state index is 0.328. The van der Waals surface area contributed by atoms with Crippen LogP contribution >= 0.6 is 0 Å². The summed E-state index contributed by atoms with van der Waals surface area (Å²) in [6, 6.07) is 0.340. The third kappa shape index (κ3) is 2.41. The minimum absolute atomic E-state index is 0.328. The van der Waals surface area contributed by atoms with Crippen LogP contribution in [0, 0.1) is 17.8 Å². The van der Waals surface area contributed by atoms with Gasteiger partial charge in [0.2, 0.25) is 5.91 Å². The number of hydrogen-bond donors (Lipinski definition) is 1. The summed E-state index contributed by atoms with van der Waals surface area (Å²) in [4.78, 5) is 14.4. The Bertz CT molecular complexity index is 301. The largest absolute Gasteiger partial charge is 0.381 e. The fraction of sp³-hybridized carbons (Fsp3) is 0.929. The van der Waals surface area contributed by atoms with E-state index in [9.17, 15) is 4.79 Å². The number of ether oxygens (including phenoxy) is 1. The first-order valence-corrected chi connectivity index (χ1v) is 7.35. The topological polar surface area (TPSA) is 55.6 Å². The van der Waals surface area contributed by atoms with Gasteiger partial charge in [-0.2, -0.15) is 0 Å². The van der Waals surface area contributed by atoms with Crippen molar-refractivity contribution in [2.75, 3.05) is 26.3 Å². The second-order valence-electron chi connectivity index (χ2n) is 6.26. The Hall–Kier alpha value is -0.610. The molecule has 1 amide bonds. The molecule has 2 N–H and O–H groups in total. The average molecular weight is 252 g/mol. The molecule has 0 aromatic rings. The van der Waals surface area contributed by atoms with Gasteiger partial charge in [-0.15, -0.1) is 0 Å². The predicted molar refractivity (Wildman–Crippen MR) is 68.9 cm³/mol. The number of amides is 1. The van der Waals surface area contributed by atoms with Crippen molar-refractivity contribution in [2.24, 2.45) is 23.5 Å². The zero-order valence-corrected chi connectivity index (χ0v) is 11.0. The number of fused-ring (bicyclic) bond motifs is 2. The summed E-state index contributed by atoms with van der Waals surface area (Å²) >= 11 is 0. The average Bonchev–Trinajstić information content (AvgIpc) is 2.63. The number of piperidine rings is 1. The van der Waals surface area contributed by atoms with E-state index < -0.39 is 0 Å². The Balaban J connectivity index is 1.53. The van der Waals surface area contributed by atoms with Gasteiger partial charge in [0.15, 0.2) is 0 Å². The molecule has 2 bridgehead atoms. The van der Waals surface area contributed by atoms with Gasteiger partial charge in [0.1, 0.15) is 0 Å². The molecular weight excluding hydrogens is 228 g/mol. The Kier molecular flexibility index (Phi) is 3.57. The van der Waals surface area contributed by atoms with Crippen LogP contribution in [0.1, 0.15) is 32.1 Å². The van der Waals surface area contributed by atoms with E-state index in [1.807, 2.05) is 0 Å². The molecule has 3 fully saturated rings. The van der Waals surface area contributed by atoms with E-state index in [2.05, 4.69) is 4.90 Å². The molecule has 4 heteroatoms. The summed E-state index contributed by atoms with van der Waals surface area (Å²) < 4.78 is 5.45. The van der Waals surface area contributed by atoms with Gasteiger partial charge < -0.3 is 15.4 Å². The number of nitrogens with zero attached hydrogens (tertiary/aromatic N) is 1. The second kappa shape index (κ2) is 5.17. The Morgan fingerprint density at radius 3 is 2.56 bits per heavy atom. The van der Waals surface area contributed by atoms with Gasteiger partial charge in [0, 0.05) is 38.8 Å². The molecule has 0 aromatic carbocycles. The summed E-state index contributed by atoms with van der Waals surface area (Å²) in [5.74, 6) is 1.87. The van der Waals surface area contributed by atoms with Crippen molar-refractivity contribution in [1.29, 1.82) is 0 Å². The number of carbonyl (C=O) groups excluding carboxylic acids is 1. The fourth-order valence-electron chi connectivity index (χ4n) is 3.81. The first kappa shape index (κ1) is 12.4. The lowest BCUT2D eigenvalue weighted by Crippen LogP contribution is -2.51. The van der Waals surface area contributed by atoms with Crippen LogP contribution in [0.5, 0.6) is 0 Å². The number of carbonyl (C=O) groups is 1. The Morgan fingerprint density at radius 2 is 1.94 bits per heavy atom. The van der Waals surface area contributed by atoms with E-state index in [-0.39, 0.29) is 0 Å². The molecule has 102 valence electrons. The van der Waals surface area contributed by atoms with Gasteiger partial charge in [-0.1, -0.05) is 0 Å². The van der Waals surface area contributed by atoms with E-state index in [1.165, 1.54) is 12.8 Å². The van der Waals surface area contributed by atoms with E-state index in [0.29, 0.717) is 36.1 Å². The standard InChI is InChI=1S/C14H24N2O2/c15-14-11-3-4-12(14)8-16(7-11)13(17)6-10-2-1-5-18-9-10/h10-12,14H,1-9,15H2/t10?,11-,12+,14?. The molecule has 0 spiro atoms. The quantitative estimate of drug-likeness (QED) is 0.797. The van der Waals surface area contributed by atoms with Gasteiger partial charge >= 0.3 is 0 Å². The molecule has 2 saturated heterocycles. The van der Waals surface area contributed by atoms with Crippen molar-refractivity contribution >= 4 is 5.91 Å². The number of nitrogens with two attached hydrogens (primary N) is 1. The highest BCUT2D eigenvalue weighted by Crippen LogP contribution is 2.36. The SMILES string of the molecule is NC1[C@@H]2CC[C@H]1CN(C(=O)CC1CCCOC1)C2. The zero-order chi connectivity index (χ0) is 12.5. The van der Waals surface area contributed by atoms with Crippen LogP contribution in [-0.4, -0.2) is 43.2 Å². The van der Waals surface area contributed by atoms with Crippen LogP contribution in [0.2, 0.25) is 0 Å². The van der Waals surface area contributed by atoms with Crippen LogP contribution < -0.4 is 5.73 Å². The van der Waals surface area contributed by atoms with Crippen LogP contribution in [-0.2, 0) is 9.53 Å². The molecule has 2 unspecified atom stereocenters. The molecule has 4 nitrogen and oxygen atoms in total. The van der Waals surface area contributed by atoms with Crippen molar-refractivity contribution in [2.45, 2.75) is 38.1 Å². The zero-order valence-electron chi connectivity index (χ0n) is 11.0.